The second-order valence-corrected chi connectivity index (χ2v) is 4.33. The summed E-state index contributed by atoms with van der Waals surface area (Å²) in [5.41, 5.74) is 4.72. The average Bonchev–Trinajstić information content (AvgIpc) is 2.73. The summed E-state index contributed by atoms with van der Waals surface area (Å²) in [6.45, 7) is 1.97. The Bertz CT molecular complexity index is 515. The lowest BCUT2D eigenvalue weighted by atomic mass is 9.98. The van der Waals surface area contributed by atoms with Gasteiger partial charge in [0.25, 0.3) is 0 Å². The molecule has 0 aromatic carbocycles. The molecule has 0 saturated carbocycles. The van der Waals surface area contributed by atoms with Gasteiger partial charge in [0, 0.05) is 48.0 Å². The van der Waals surface area contributed by atoms with Crippen LogP contribution < -0.4 is 5.32 Å². The SMILES string of the molecule is Cln1ccc2ncc(C3=CCNCC3)c-2c1. The molecule has 16 heavy (non-hydrogen) atoms. The van der Waals surface area contributed by atoms with Crippen molar-refractivity contribution < 1.29 is 0 Å². The molecule has 3 aliphatic heterocycles. The molecular weight excluding hydrogens is 222 g/mol. The van der Waals surface area contributed by atoms with Crippen LogP contribution in [0.1, 0.15) is 12.0 Å². The second-order valence-electron chi connectivity index (χ2n) is 3.94. The molecule has 0 fully saturated rings. The van der Waals surface area contributed by atoms with Gasteiger partial charge in [-0.1, -0.05) is 6.08 Å². The summed E-state index contributed by atoms with van der Waals surface area (Å²) in [4.78, 5) is 4.40. The van der Waals surface area contributed by atoms with E-state index in [0.29, 0.717) is 0 Å². The normalized spacial score (nSPS) is 16.4. The molecule has 0 aromatic heterocycles. The largest absolute Gasteiger partial charge is 0.313 e. The first kappa shape index (κ1) is 9.87. The van der Waals surface area contributed by atoms with E-state index in [-0.39, 0.29) is 0 Å². The Balaban J connectivity index is 2.10. The van der Waals surface area contributed by atoms with Crippen molar-refractivity contribution in [3.8, 4) is 11.3 Å². The summed E-state index contributed by atoms with van der Waals surface area (Å²) < 4.78 is 1.55. The Morgan fingerprint density at radius 2 is 2.31 bits per heavy atom. The van der Waals surface area contributed by atoms with Crippen LogP contribution in [0.2, 0.25) is 0 Å². The van der Waals surface area contributed by atoms with E-state index in [1.165, 1.54) is 11.1 Å². The molecule has 0 unspecified atom stereocenters. The highest BCUT2D eigenvalue weighted by atomic mass is 35.5. The van der Waals surface area contributed by atoms with Gasteiger partial charge in [-0.2, -0.15) is 0 Å². The number of nitrogens with one attached hydrogen (secondary N) is 1. The molecule has 3 heterocycles. The number of hydrogen-bond donors (Lipinski definition) is 1. The quantitative estimate of drug-likeness (QED) is 0.820. The highest BCUT2D eigenvalue weighted by Crippen LogP contribution is 2.32. The first-order valence-corrected chi connectivity index (χ1v) is 5.71. The molecule has 0 atom stereocenters. The van der Waals surface area contributed by atoms with Crippen molar-refractivity contribution in [1.29, 1.82) is 0 Å². The number of aromatic nitrogens is 2. The van der Waals surface area contributed by atoms with E-state index in [0.717, 1.165) is 30.8 Å². The van der Waals surface area contributed by atoms with E-state index >= 15 is 0 Å². The number of nitrogens with zero attached hydrogens (tertiary/aromatic N) is 2. The lowest BCUT2D eigenvalue weighted by molar-refractivity contribution is 0.739. The number of pyridine rings is 1. The Hall–Kier alpha value is -1.32. The van der Waals surface area contributed by atoms with Crippen molar-refractivity contribution in [2.24, 2.45) is 0 Å². The van der Waals surface area contributed by atoms with E-state index in [2.05, 4.69) is 16.4 Å². The van der Waals surface area contributed by atoms with Crippen molar-refractivity contribution in [3.05, 3.63) is 36.3 Å². The highest BCUT2D eigenvalue weighted by Gasteiger charge is 2.15. The van der Waals surface area contributed by atoms with Gasteiger partial charge in [0.1, 0.15) is 0 Å². The van der Waals surface area contributed by atoms with E-state index in [1.807, 2.05) is 18.5 Å². The van der Waals surface area contributed by atoms with Gasteiger partial charge in [-0.15, -0.1) is 0 Å². The third-order valence-corrected chi connectivity index (χ3v) is 3.15. The average molecular weight is 234 g/mol. The number of rotatable bonds is 1. The summed E-state index contributed by atoms with van der Waals surface area (Å²) in [7, 11) is 0. The second kappa shape index (κ2) is 3.92. The van der Waals surface area contributed by atoms with Crippen molar-refractivity contribution in [2.45, 2.75) is 6.42 Å². The molecule has 0 bridgehead atoms. The van der Waals surface area contributed by atoms with Crippen LogP contribution in [-0.4, -0.2) is 22.2 Å². The van der Waals surface area contributed by atoms with Gasteiger partial charge >= 0.3 is 0 Å². The minimum atomic E-state index is 0.940. The monoisotopic (exact) mass is 233 g/mol. The lowest BCUT2D eigenvalue weighted by Gasteiger charge is -2.14. The summed E-state index contributed by atoms with van der Waals surface area (Å²) in [5.74, 6) is 0. The maximum Gasteiger partial charge on any atom is 0.0739 e. The smallest absolute Gasteiger partial charge is 0.0739 e. The van der Waals surface area contributed by atoms with Crippen LogP contribution in [0.25, 0.3) is 16.8 Å². The molecule has 3 nitrogen and oxygen atoms in total. The molecule has 0 spiro atoms. The molecule has 0 aromatic rings. The number of hydrogen-bond acceptors (Lipinski definition) is 2. The van der Waals surface area contributed by atoms with Gasteiger partial charge in [0.15, 0.2) is 0 Å². The fraction of sp³-hybridized carbons (Fsp3) is 0.250. The summed E-state index contributed by atoms with van der Waals surface area (Å²) >= 11 is 5.94. The number of halogens is 1. The van der Waals surface area contributed by atoms with Crippen molar-refractivity contribution in [1.82, 2.24) is 14.4 Å². The molecular formula is C12H12ClN3. The number of fused-ring (bicyclic) bond motifs is 1. The fourth-order valence-electron chi connectivity index (χ4n) is 2.11. The highest BCUT2D eigenvalue weighted by molar-refractivity contribution is 6.15. The third kappa shape index (κ3) is 1.62. The molecule has 3 rings (SSSR count). The fourth-order valence-corrected chi connectivity index (χ4v) is 2.26. The molecule has 0 radical (unpaired) electrons. The van der Waals surface area contributed by atoms with Crippen LogP contribution in [0.4, 0.5) is 0 Å². The van der Waals surface area contributed by atoms with Crippen molar-refractivity contribution in [3.63, 3.8) is 0 Å². The minimum absolute atomic E-state index is 0.940. The van der Waals surface area contributed by atoms with Crippen molar-refractivity contribution in [2.75, 3.05) is 13.1 Å². The summed E-state index contributed by atoms with van der Waals surface area (Å²) in [5, 5.41) is 3.31. The zero-order valence-electron chi connectivity index (χ0n) is 8.78. The Kier molecular flexibility index (Phi) is 2.42. The van der Waals surface area contributed by atoms with Crippen LogP contribution in [0, 0.1) is 0 Å². The van der Waals surface area contributed by atoms with Crippen LogP contribution >= 0.6 is 11.8 Å². The van der Waals surface area contributed by atoms with Gasteiger partial charge in [0.2, 0.25) is 0 Å². The van der Waals surface area contributed by atoms with Gasteiger partial charge in [-0.05, 0) is 24.6 Å². The molecule has 4 heteroatoms. The lowest BCUT2D eigenvalue weighted by Crippen LogP contribution is -2.20. The van der Waals surface area contributed by atoms with Gasteiger partial charge in [0.05, 0.1) is 5.69 Å². The molecule has 0 saturated heterocycles. The van der Waals surface area contributed by atoms with Crippen LogP contribution in [0.5, 0.6) is 0 Å². The Labute approximate surface area is 99.2 Å². The van der Waals surface area contributed by atoms with E-state index in [4.69, 9.17) is 11.8 Å². The zero-order chi connectivity index (χ0) is 11.0. The van der Waals surface area contributed by atoms with Crippen LogP contribution in [0.3, 0.4) is 0 Å². The Morgan fingerprint density at radius 1 is 1.38 bits per heavy atom. The van der Waals surface area contributed by atoms with Crippen molar-refractivity contribution >= 4 is 17.3 Å². The third-order valence-electron chi connectivity index (χ3n) is 2.94. The maximum atomic E-state index is 5.94. The molecule has 1 N–H and O–H groups in total. The predicted octanol–water partition coefficient (Wildman–Crippen LogP) is 2.37. The predicted molar refractivity (Wildman–Crippen MR) is 65.6 cm³/mol. The van der Waals surface area contributed by atoms with Crippen LogP contribution in [-0.2, 0) is 0 Å². The zero-order valence-corrected chi connectivity index (χ0v) is 9.54. The summed E-state index contributed by atoms with van der Waals surface area (Å²) in [6.07, 6.45) is 8.95. The molecule has 82 valence electrons. The first-order valence-electron chi connectivity index (χ1n) is 5.37. The Morgan fingerprint density at radius 3 is 3.12 bits per heavy atom. The topological polar surface area (TPSA) is 29.9 Å². The van der Waals surface area contributed by atoms with E-state index in [1.54, 1.807) is 10.3 Å². The molecule has 0 amide bonds. The molecule has 0 aliphatic carbocycles. The molecule has 3 aliphatic rings. The standard InChI is InChI=1S/C12H12ClN3/c13-16-6-3-12-11(8-16)10(7-15-12)9-1-4-14-5-2-9/h1,3,6-8,14H,2,4-5H2. The first-order chi connectivity index (χ1) is 7.84. The van der Waals surface area contributed by atoms with Gasteiger partial charge in [-0.3, -0.25) is 9.07 Å². The van der Waals surface area contributed by atoms with Gasteiger partial charge in [-0.25, -0.2) is 0 Å². The van der Waals surface area contributed by atoms with Gasteiger partial charge < -0.3 is 5.32 Å². The van der Waals surface area contributed by atoms with E-state index in [9.17, 15) is 0 Å². The maximum absolute atomic E-state index is 5.94. The van der Waals surface area contributed by atoms with Crippen LogP contribution in [0.15, 0.2) is 30.7 Å². The minimum Gasteiger partial charge on any atom is -0.313 e. The van der Waals surface area contributed by atoms with E-state index < -0.39 is 0 Å². The summed E-state index contributed by atoms with van der Waals surface area (Å²) in [6, 6.07) is 1.94.